The number of carbonyl (C=O) groups excluding carboxylic acids is 1. The summed E-state index contributed by atoms with van der Waals surface area (Å²) in [5, 5.41) is 8.87. The van der Waals surface area contributed by atoms with Crippen molar-refractivity contribution in [3.63, 3.8) is 0 Å². The predicted molar refractivity (Wildman–Crippen MR) is 81.1 cm³/mol. The third-order valence-electron chi connectivity index (χ3n) is 2.74. The quantitative estimate of drug-likeness (QED) is 0.888. The van der Waals surface area contributed by atoms with Crippen LogP contribution in [0.4, 0.5) is 5.82 Å². The average Bonchev–Trinajstić information content (AvgIpc) is 2.92. The second-order valence-corrected chi connectivity index (χ2v) is 5.40. The second-order valence-electron chi connectivity index (χ2n) is 4.48. The number of nitrogens with one attached hydrogen (secondary N) is 2. The smallest absolute Gasteiger partial charge is 0.252 e. The number of nitrogens with zero attached hydrogens (tertiary/aromatic N) is 2. The lowest BCUT2D eigenvalue weighted by atomic mass is 10.2. The number of aromatic nitrogens is 2. The van der Waals surface area contributed by atoms with Crippen LogP contribution in [-0.2, 0) is 0 Å². The Morgan fingerprint density at radius 1 is 1.45 bits per heavy atom. The molecular formula is C14H18N4OS. The third kappa shape index (κ3) is 3.54. The molecule has 0 saturated carbocycles. The minimum atomic E-state index is -0.114. The first-order valence-electron chi connectivity index (χ1n) is 6.53. The van der Waals surface area contributed by atoms with Gasteiger partial charge in [-0.2, -0.15) is 0 Å². The van der Waals surface area contributed by atoms with Gasteiger partial charge in [0.1, 0.15) is 10.8 Å². The number of aryl methyl sites for hydroxylation is 1. The van der Waals surface area contributed by atoms with Crippen LogP contribution in [0.15, 0.2) is 23.7 Å². The molecule has 6 heteroatoms. The second kappa shape index (κ2) is 6.47. The topological polar surface area (TPSA) is 66.9 Å². The van der Waals surface area contributed by atoms with Crippen LogP contribution in [0.3, 0.4) is 0 Å². The largest absolute Gasteiger partial charge is 0.370 e. The Labute approximate surface area is 122 Å². The van der Waals surface area contributed by atoms with E-state index in [1.54, 1.807) is 18.3 Å². The summed E-state index contributed by atoms with van der Waals surface area (Å²) in [6.45, 7) is 6.57. The molecule has 0 bridgehead atoms. The summed E-state index contributed by atoms with van der Waals surface area (Å²) in [5.74, 6) is 0.608. The summed E-state index contributed by atoms with van der Waals surface area (Å²) in [4.78, 5) is 20.8. The number of carbonyl (C=O) groups is 1. The molecule has 1 unspecified atom stereocenters. The summed E-state index contributed by atoms with van der Waals surface area (Å²) >= 11 is 1.53. The fraction of sp³-hybridized carbons (Fsp3) is 0.357. The summed E-state index contributed by atoms with van der Waals surface area (Å²) in [6.07, 6.45) is 1.74. The molecule has 0 aliphatic heterocycles. The van der Waals surface area contributed by atoms with E-state index in [0.717, 1.165) is 23.1 Å². The molecule has 0 radical (unpaired) electrons. The van der Waals surface area contributed by atoms with Crippen LogP contribution in [0.2, 0.25) is 0 Å². The van der Waals surface area contributed by atoms with Crippen molar-refractivity contribution in [1.82, 2.24) is 15.3 Å². The highest BCUT2D eigenvalue weighted by Crippen LogP contribution is 2.16. The van der Waals surface area contributed by atoms with Gasteiger partial charge in [0, 0.05) is 29.4 Å². The third-order valence-corrected chi connectivity index (χ3v) is 3.70. The molecule has 2 aromatic rings. The average molecular weight is 290 g/mol. The van der Waals surface area contributed by atoms with Crippen molar-refractivity contribution in [2.75, 3.05) is 11.9 Å². The van der Waals surface area contributed by atoms with Crippen LogP contribution in [0.25, 0.3) is 0 Å². The first kappa shape index (κ1) is 14.5. The Hall–Kier alpha value is -1.95. The minimum Gasteiger partial charge on any atom is -0.370 e. The zero-order chi connectivity index (χ0) is 14.5. The first-order chi connectivity index (χ1) is 9.60. The zero-order valence-corrected chi connectivity index (χ0v) is 12.6. The van der Waals surface area contributed by atoms with Gasteiger partial charge in [0.2, 0.25) is 0 Å². The molecule has 0 saturated heterocycles. The maximum Gasteiger partial charge on any atom is 0.252 e. The summed E-state index contributed by atoms with van der Waals surface area (Å²) < 4.78 is 0. The molecule has 2 heterocycles. The molecule has 5 nitrogen and oxygen atoms in total. The van der Waals surface area contributed by atoms with E-state index in [1.165, 1.54) is 11.3 Å². The van der Waals surface area contributed by atoms with Crippen LogP contribution in [0.5, 0.6) is 0 Å². The van der Waals surface area contributed by atoms with Gasteiger partial charge in [0.15, 0.2) is 0 Å². The molecule has 1 amide bonds. The number of thiazole rings is 1. The highest BCUT2D eigenvalue weighted by molar-refractivity contribution is 7.09. The number of amides is 1. The Kier molecular flexibility index (Phi) is 4.68. The molecule has 2 rings (SSSR count). The Morgan fingerprint density at radius 3 is 2.90 bits per heavy atom. The maximum absolute atomic E-state index is 12.3. The van der Waals surface area contributed by atoms with Gasteiger partial charge in [0.05, 0.1) is 6.04 Å². The Bertz CT molecular complexity index is 583. The first-order valence-corrected chi connectivity index (χ1v) is 7.41. The van der Waals surface area contributed by atoms with Gasteiger partial charge in [-0.05, 0) is 32.9 Å². The summed E-state index contributed by atoms with van der Waals surface area (Å²) in [5.41, 5.74) is 1.42. The molecule has 0 fully saturated rings. The lowest BCUT2D eigenvalue weighted by Crippen LogP contribution is -2.26. The van der Waals surface area contributed by atoms with Gasteiger partial charge in [0.25, 0.3) is 5.91 Å². The predicted octanol–water partition coefficient (Wildman–Crippen LogP) is 2.77. The van der Waals surface area contributed by atoms with Crippen LogP contribution < -0.4 is 10.6 Å². The molecule has 106 valence electrons. The van der Waals surface area contributed by atoms with Crippen LogP contribution in [0, 0.1) is 6.92 Å². The van der Waals surface area contributed by atoms with E-state index in [2.05, 4.69) is 20.6 Å². The van der Waals surface area contributed by atoms with E-state index in [4.69, 9.17) is 0 Å². The molecule has 0 aliphatic carbocycles. The van der Waals surface area contributed by atoms with Gasteiger partial charge >= 0.3 is 0 Å². The van der Waals surface area contributed by atoms with Gasteiger partial charge in [-0.3, -0.25) is 4.79 Å². The molecule has 0 aliphatic rings. The fourth-order valence-corrected chi connectivity index (χ4v) is 2.51. The number of hydrogen-bond acceptors (Lipinski definition) is 5. The van der Waals surface area contributed by atoms with Crippen molar-refractivity contribution in [2.45, 2.75) is 26.8 Å². The van der Waals surface area contributed by atoms with Gasteiger partial charge < -0.3 is 10.6 Å². The van der Waals surface area contributed by atoms with E-state index in [1.807, 2.05) is 26.2 Å². The zero-order valence-electron chi connectivity index (χ0n) is 11.8. The number of rotatable bonds is 5. The fourth-order valence-electron chi connectivity index (χ4n) is 1.86. The number of hydrogen-bond donors (Lipinski definition) is 2. The number of pyridine rings is 1. The molecule has 1 atom stereocenters. The standard InChI is InChI=1S/C14H18N4OS/c1-4-15-12-8-11(7-9(2)17-12)13(19)18-10(3)14-16-5-6-20-14/h5-8,10H,4H2,1-3H3,(H,15,17)(H,18,19). The normalized spacial score (nSPS) is 11.9. The van der Waals surface area contributed by atoms with Gasteiger partial charge in [-0.15, -0.1) is 11.3 Å². The lowest BCUT2D eigenvalue weighted by molar-refractivity contribution is 0.0939. The van der Waals surface area contributed by atoms with E-state index in [0.29, 0.717) is 5.56 Å². The van der Waals surface area contributed by atoms with Crippen molar-refractivity contribution in [3.8, 4) is 0 Å². The molecule has 2 aromatic heterocycles. The molecule has 20 heavy (non-hydrogen) atoms. The monoisotopic (exact) mass is 290 g/mol. The summed E-state index contributed by atoms with van der Waals surface area (Å²) in [6, 6.07) is 3.45. The SMILES string of the molecule is CCNc1cc(C(=O)NC(C)c2nccs2)cc(C)n1. The Morgan fingerprint density at radius 2 is 2.25 bits per heavy atom. The van der Waals surface area contributed by atoms with E-state index < -0.39 is 0 Å². The van der Waals surface area contributed by atoms with Gasteiger partial charge in [-0.1, -0.05) is 0 Å². The van der Waals surface area contributed by atoms with Crippen molar-refractivity contribution in [2.24, 2.45) is 0 Å². The number of anilines is 1. The lowest BCUT2D eigenvalue weighted by Gasteiger charge is -2.12. The highest BCUT2D eigenvalue weighted by Gasteiger charge is 2.14. The molecular weight excluding hydrogens is 272 g/mol. The van der Waals surface area contributed by atoms with E-state index >= 15 is 0 Å². The van der Waals surface area contributed by atoms with E-state index in [-0.39, 0.29) is 11.9 Å². The van der Waals surface area contributed by atoms with Crippen molar-refractivity contribution in [3.05, 3.63) is 40.0 Å². The molecule has 0 spiro atoms. The van der Waals surface area contributed by atoms with Crippen LogP contribution >= 0.6 is 11.3 Å². The van der Waals surface area contributed by atoms with Crippen molar-refractivity contribution >= 4 is 23.1 Å². The van der Waals surface area contributed by atoms with Crippen molar-refractivity contribution < 1.29 is 4.79 Å². The Balaban J connectivity index is 2.12. The minimum absolute atomic E-state index is 0.0986. The van der Waals surface area contributed by atoms with Gasteiger partial charge in [-0.25, -0.2) is 9.97 Å². The van der Waals surface area contributed by atoms with E-state index in [9.17, 15) is 4.79 Å². The summed E-state index contributed by atoms with van der Waals surface area (Å²) in [7, 11) is 0. The molecule has 0 aromatic carbocycles. The van der Waals surface area contributed by atoms with Crippen molar-refractivity contribution in [1.29, 1.82) is 0 Å². The maximum atomic E-state index is 12.3. The molecule has 2 N–H and O–H groups in total. The van der Waals surface area contributed by atoms with Crippen LogP contribution in [0.1, 0.15) is 40.9 Å². The van der Waals surface area contributed by atoms with Crippen LogP contribution in [-0.4, -0.2) is 22.4 Å². The highest BCUT2D eigenvalue weighted by atomic mass is 32.1.